The Morgan fingerprint density at radius 1 is 1.50 bits per heavy atom. The number of benzene rings is 1. The number of aromatic nitrogens is 2. The minimum absolute atomic E-state index is 0.231. The van der Waals surface area contributed by atoms with Gasteiger partial charge in [-0.15, -0.1) is 0 Å². The van der Waals surface area contributed by atoms with Crippen LogP contribution in [-0.4, -0.2) is 15.7 Å². The largest absolute Gasteiger partial charge is 0.305 e. The second-order valence-electron chi connectivity index (χ2n) is 3.64. The predicted molar refractivity (Wildman–Crippen MR) is 75.0 cm³/mol. The quantitative estimate of drug-likeness (QED) is 0.936. The molecule has 0 radical (unpaired) electrons. The van der Waals surface area contributed by atoms with Crippen LogP contribution in [-0.2, 0) is 6.54 Å². The molecule has 0 saturated heterocycles. The molecule has 0 aliphatic carbocycles. The highest BCUT2D eigenvalue weighted by Gasteiger charge is 2.09. The zero-order valence-electron chi connectivity index (χ0n) is 9.65. The lowest BCUT2D eigenvalue weighted by Gasteiger charge is -2.03. The van der Waals surface area contributed by atoms with Crippen molar-refractivity contribution in [3.05, 3.63) is 45.5 Å². The van der Waals surface area contributed by atoms with E-state index in [2.05, 4.69) is 26.3 Å². The Bertz CT molecular complexity index is 582. The monoisotopic (exact) mass is 327 g/mol. The predicted octanol–water partition coefficient (Wildman–Crippen LogP) is 3.57. The van der Waals surface area contributed by atoms with Gasteiger partial charge in [0.25, 0.3) is 5.91 Å². The fraction of sp³-hybridized carbons (Fsp3) is 0.167. The third kappa shape index (κ3) is 2.91. The first-order valence-corrected chi connectivity index (χ1v) is 6.57. The van der Waals surface area contributed by atoms with Gasteiger partial charge in [-0.1, -0.05) is 11.6 Å². The molecule has 1 aromatic heterocycles. The third-order valence-electron chi connectivity index (χ3n) is 2.39. The summed E-state index contributed by atoms with van der Waals surface area (Å²) in [7, 11) is 0. The summed E-state index contributed by atoms with van der Waals surface area (Å²) in [5, 5.41) is 7.39. The number of nitrogens with one attached hydrogen (secondary N) is 1. The SMILES string of the molecule is CCn1ccc(NC(=O)c2ccc(Br)c(Cl)c2)n1. The van der Waals surface area contributed by atoms with Crippen molar-refractivity contribution in [3.63, 3.8) is 0 Å². The van der Waals surface area contributed by atoms with E-state index in [-0.39, 0.29) is 5.91 Å². The van der Waals surface area contributed by atoms with E-state index in [1.165, 1.54) is 0 Å². The van der Waals surface area contributed by atoms with Gasteiger partial charge in [0.1, 0.15) is 0 Å². The Morgan fingerprint density at radius 2 is 2.28 bits per heavy atom. The minimum Gasteiger partial charge on any atom is -0.305 e. The lowest BCUT2D eigenvalue weighted by molar-refractivity contribution is 0.102. The molecule has 6 heteroatoms. The summed E-state index contributed by atoms with van der Waals surface area (Å²) >= 11 is 9.22. The second kappa shape index (κ2) is 5.54. The molecule has 0 atom stereocenters. The summed E-state index contributed by atoms with van der Waals surface area (Å²) in [5.74, 6) is 0.298. The highest BCUT2D eigenvalue weighted by Crippen LogP contribution is 2.23. The molecule has 0 fully saturated rings. The molecular weight excluding hydrogens is 318 g/mol. The molecule has 94 valence electrons. The Morgan fingerprint density at radius 3 is 2.89 bits per heavy atom. The first-order chi connectivity index (χ1) is 8.60. The molecule has 0 spiro atoms. The van der Waals surface area contributed by atoms with E-state index < -0.39 is 0 Å². The van der Waals surface area contributed by atoms with E-state index in [9.17, 15) is 4.79 Å². The Balaban J connectivity index is 2.14. The number of carbonyl (C=O) groups is 1. The van der Waals surface area contributed by atoms with Gasteiger partial charge >= 0.3 is 0 Å². The zero-order valence-corrected chi connectivity index (χ0v) is 12.0. The van der Waals surface area contributed by atoms with Crippen molar-refractivity contribution in [1.82, 2.24) is 9.78 Å². The standard InChI is InChI=1S/C12H11BrClN3O/c1-2-17-6-5-11(16-17)15-12(18)8-3-4-9(13)10(14)7-8/h3-7H,2H2,1H3,(H,15,16,18). The number of nitrogens with zero attached hydrogens (tertiary/aromatic N) is 2. The van der Waals surface area contributed by atoms with E-state index in [1.54, 1.807) is 28.9 Å². The Hall–Kier alpha value is -1.33. The number of aryl methyl sites for hydroxylation is 1. The van der Waals surface area contributed by atoms with Crippen LogP contribution in [0.15, 0.2) is 34.9 Å². The number of rotatable bonds is 3. The maximum atomic E-state index is 11.9. The molecule has 0 unspecified atom stereocenters. The number of carbonyl (C=O) groups excluding carboxylic acids is 1. The molecule has 0 saturated carbocycles. The molecule has 0 bridgehead atoms. The molecule has 0 aliphatic heterocycles. The maximum absolute atomic E-state index is 11.9. The van der Waals surface area contributed by atoms with Gasteiger partial charge in [0.2, 0.25) is 0 Å². The number of hydrogen-bond donors (Lipinski definition) is 1. The lowest BCUT2D eigenvalue weighted by Crippen LogP contribution is -2.12. The number of hydrogen-bond acceptors (Lipinski definition) is 2. The van der Waals surface area contributed by atoms with Gasteiger partial charge in [0.05, 0.1) is 5.02 Å². The van der Waals surface area contributed by atoms with Crippen molar-refractivity contribution in [2.75, 3.05) is 5.32 Å². The van der Waals surface area contributed by atoms with Crippen LogP contribution < -0.4 is 5.32 Å². The van der Waals surface area contributed by atoms with E-state index in [0.717, 1.165) is 11.0 Å². The van der Waals surface area contributed by atoms with E-state index in [0.29, 0.717) is 16.4 Å². The molecule has 2 aromatic rings. The average molecular weight is 329 g/mol. The lowest BCUT2D eigenvalue weighted by atomic mass is 10.2. The second-order valence-corrected chi connectivity index (χ2v) is 4.90. The first-order valence-electron chi connectivity index (χ1n) is 5.40. The van der Waals surface area contributed by atoms with Crippen molar-refractivity contribution in [1.29, 1.82) is 0 Å². The summed E-state index contributed by atoms with van der Waals surface area (Å²) < 4.78 is 2.50. The summed E-state index contributed by atoms with van der Waals surface area (Å²) in [6.45, 7) is 2.74. The molecule has 1 amide bonds. The van der Waals surface area contributed by atoms with Gasteiger partial charge in [0, 0.05) is 28.8 Å². The van der Waals surface area contributed by atoms with Crippen LogP contribution in [0.5, 0.6) is 0 Å². The summed E-state index contributed by atoms with van der Waals surface area (Å²) in [6, 6.07) is 6.80. The van der Waals surface area contributed by atoms with Crippen molar-refractivity contribution in [3.8, 4) is 0 Å². The van der Waals surface area contributed by atoms with Crippen molar-refractivity contribution in [2.24, 2.45) is 0 Å². The molecule has 1 N–H and O–H groups in total. The van der Waals surface area contributed by atoms with Gasteiger partial charge in [-0.2, -0.15) is 5.10 Å². The fourth-order valence-corrected chi connectivity index (χ4v) is 1.86. The smallest absolute Gasteiger partial charge is 0.256 e. The van der Waals surface area contributed by atoms with Gasteiger partial charge in [0.15, 0.2) is 5.82 Å². The maximum Gasteiger partial charge on any atom is 0.256 e. The molecule has 0 aliphatic rings. The summed E-state index contributed by atoms with van der Waals surface area (Å²) in [6.07, 6.45) is 1.81. The van der Waals surface area contributed by atoms with Crippen molar-refractivity contribution >= 4 is 39.3 Å². The molecule has 1 aromatic carbocycles. The number of anilines is 1. The summed E-state index contributed by atoms with van der Waals surface area (Å²) in [4.78, 5) is 11.9. The van der Waals surface area contributed by atoms with Crippen LogP contribution >= 0.6 is 27.5 Å². The van der Waals surface area contributed by atoms with E-state index in [1.807, 2.05) is 13.1 Å². The topological polar surface area (TPSA) is 46.9 Å². The molecular formula is C12H11BrClN3O. The van der Waals surface area contributed by atoms with Gasteiger partial charge in [-0.3, -0.25) is 9.48 Å². The number of halogens is 2. The molecule has 1 heterocycles. The highest BCUT2D eigenvalue weighted by molar-refractivity contribution is 9.10. The first kappa shape index (κ1) is 13.1. The van der Waals surface area contributed by atoms with Crippen molar-refractivity contribution < 1.29 is 4.79 Å². The molecule has 2 rings (SSSR count). The fourth-order valence-electron chi connectivity index (χ4n) is 1.43. The highest BCUT2D eigenvalue weighted by atomic mass is 79.9. The molecule has 18 heavy (non-hydrogen) atoms. The van der Waals surface area contributed by atoms with Crippen molar-refractivity contribution in [2.45, 2.75) is 13.5 Å². The van der Waals surface area contributed by atoms with Crippen LogP contribution in [0.3, 0.4) is 0 Å². The number of amides is 1. The van der Waals surface area contributed by atoms with Crippen LogP contribution in [0.25, 0.3) is 0 Å². The van der Waals surface area contributed by atoms with Gasteiger partial charge in [-0.25, -0.2) is 0 Å². The zero-order chi connectivity index (χ0) is 13.1. The summed E-state index contributed by atoms with van der Waals surface area (Å²) in [5.41, 5.74) is 0.495. The third-order valence-corrected chi connectivity index (χ3v) is 3.62. The minimum atomic E-state index is -0.231. The van der Waals surface area contributed by atoms with E-state index in [4.69, 9.17) is 11.6 Å². The van der Waals surface area contributed by atoms with Crippen LogP contribution in [0.1, 0.15) is 17.3 Å². The van der Waals surface area contributed by atoms with Crippen LogP contribution in [0.4, 0.5) is 5.82 Å². The normalized spacial score (nSPS) is 10.4. The van der Waals surface area contributed by atoms with E-state index >= 15 is 0 Å². The van der Waals surface area contributed by atoms with Gasteiger partial charge in [-0.05, 0) is 41.1 Å². The van der Waals surface area contributed by atoms with Crippen LogP contribution in [0, 0.1) is 0 Å². The average Bonchev–Trinajstić information content (AvgIpc) is 2.80. The Kier molecular flexibility index (Phi) is 4.04. The van der Waals surface area contributed by atoms with Crippen LogP contribution in [0.2, 0.25) is 5.02 Å². The molecule has 4 nitrogen and oxygen atoms in total. The van der Waals surface area contributed by atoms with Gasteiger partial charge < -0.3 is 5.32 Å². The Labute approximate surface area is 118 Å².